The van der Waals surface area contributed by atoms with Gasteiger partial charge >= 0.3 is 0 Å². The standard InChI is InChI=1S/C15H32N2O/c1-4-10-17-11-7-8-14(9-12-17)16-13-15(18,5-2)6-3/h14,16,18H,4-13H2,1-3H3. The maximum atomic E-state index is 10.3. The van der Waals surface area contributed by atoms with Crippen molar-refractivity contribution in [2.75, 3.05) is 26.2 Å². The zero-order valence-electron chi connectivity index (χ0n) is 12.5. The van der Waals surface area contributed by atoms with E-state index in [1.165, 1.54) is 45.3 Å². The van der Waals surface area contributed by atoms with Crippen LogP contribution in [0.15, 0.2) is 0 Å². The number of aliphatic hydroxyl groups is 1. The highest BCUT2D eigenvalue weighted by atomic mass is 16.3. The number of nitrogens with zero attached hydrogens (tertiary/aromatic N) is 1. The van der Waals surface area contributed by atoms with Crippen LogP contribution in [0, 0.1) is 0 Å². The molecule has 18 heavy (non-hydrogen) atoms. The SMILES string of the molecule is CCCN1CCCC(NCC(O)(CC)CC)CC1. The van der Waals surface area contributed by atoms with E-state index < -0.39 is 5.60 Å². The Labute approximate surface area is 113 Å². The third-order valence-electron chi connectivity index (χ3n) is 4.40. The van der Waals surface area contributed by atoms with E-state index in [9.17, 15) is 5.11 Å². The van der Waals surface area contributed by atoms with Crippen LogP contribution in [0.3, 0.4) is 0 Å². The number of rotatable bonds is 7. The molecule has 0 aliphatic carbocycles. The lowest BCUT2D eigenvalue weighted by Crippen LogP contribution is -2.44. The summed E-state index contributed by atoms with van der Waals surface area (Å²) in [6.45, 7) is 10.8. The van der Waals surface area contributed by atoms with E-state index in [0.29, 0.717) is 6.04 Å². The maximum absolute atomic E-state index is 10.3. The molecule has 0 aromatic heterocycles. The molecule has 1 fully saturated rings. The summed E-state index contributed by atoms with van der Waals surface area (Å²) in [4.78, 5) is 2.58. The van der Waals surface area contributed by atoms with Gasteiger partial charge in [0.1, 0.15) is 0 Å². The van der Waals surface area contributed by atoms with Crippen LogP contribution in [-0.2, 0) is 0 Å². The predicted octanol–water partition coefficient (Wildman–Crippen LogP) is 2.39. The quantitative estimate of drug-likeness (QED) is 0.734. The van der Waals surface area contributed by atoms with Gasteiger partial charge in [-0.25, -0.2) is 0 Å². The third kappa shape index (κ3) is 5.25. The molecule has 0 bridgehead atoms. The van der Waals surface area contributed by atoms with Crippen molar-refractivity contribution in [2.24, 2.45) is 0 Å². The average Bonchev–Trinajstić information content (AvgIpc) is 2.62. The number of hydrogen-bond donors (Lipinski definition) is 2. The van der Waals surface area contributed by atoms with Crippen LogP contribution in [0.1, 0.15) is 59.3 Å². The zero-order valence-corrected chi connectivity index (χ0v) is 12.5. The summed E-state index contributed by atoms with van der Waals surface area (Å²) < 4.78 is 0. The minimum atomic E-state index is -0.505. The van der Waals surface area contributed by atoms with Crippen molar-refractivity contribution in [3.05, 3.63) is 0 Å². The molecule has 1 unspecified atom stereocenters. The largest absolute Gasteiger partial charge is 0.389 e. The highest BCUT2D eigenvalue weighted by Crippen LogP contribution is 2.16. The zero-order chi connectivity index (χ0) is 13.4. The maximum Gasteiger partial charge on any atom is 0.0766 e. The lowest BCUT2D eigenvalue weighted by molar-refractivity contribution is 0.0294. The lowest BCUT2D eigenvalue weighted by Gasteiger charge is -2.28. The van der Waals surface area contributed by atoms with Crippen molar-refractivity contribution in [2.45, 2.75) is 70.9 Å². The minimum absolute atomic E-state index is 0.505. The number of nitrogens with one attached hydrogen (secondary N) is 1. The van der Waals surface area contributed by atoms with Crippen molar-refractivity contribution < 1.29 is 5.11 Å². The van der Waals surface area contributed by atoms with E-state index in [1.807, 2.05) is 0 Å². The Morgan fingerprint density at radius 1 is 1.17 bits per heavy atom. The summed E-state index contributed by atoms with van der Waals surface area (Å²) in [5.74, 6) is 0. The Kier molecular flexibility index (Phi) is 7.20. The predicted molar refractivity (Wildman–Crippen MR) is 77.9 cm³/mol. The third-order valence-corrected chi connectivity index (χ3v) is 4.40. The molecule has 1 rings (SSSR count). The van der Waals surface area contributed by atoms with Gasteiger partial charge < -0.3 is 15.3 Å². The van der Waals surface area contributed by atoms with Crippen molar-refractivity contribution in [3.63, 3.8) is 0 Å². The first-order valence-corrected chi connectivity index (χ1v) is 7.81. The van der Waals surface area contributed by atoms with Crippen LogP contribution in [0.5, 0.6) is 0 Å². The van der Waals surface area contributed by atoms with Crippen LogP contribution in [0.25, 0.3) is 0 Å². The normalized spacial score (nSPS) is 23.0. The Hall–Kier alpha value is -0.120. The van der Waals surface area contributed by atoms with Crippen molar-refractivity contribution in [3.8, 4) is 0 Å². The molecule has 1 saturated heterocycles. The molecule has 0 aromatic rings. The van der Waals surface area contributed by atoms with E-state index in [2.05, 4.69) is 31.0 Å². The van der Waals surface area contributed by atoms with E-state index >= 15 is 0 Å². The van der Waals surface area contributed by atoms with Crippen molar-refractivity contribution >= 4 is 0 Å². The van der Waals surface area contributed by atoms with E-state index in [0.717, 1.165) is 19.4 Å². The van der Waals surface area contributed by atoms with Gasteiger partial charge in [-0.1, -0.05) is 20.8 Å². The van der Waals surface area contributed by atoms with Crippen LogP contribution >= 0.6 is 0 Å². The fourth-order valence-corrected chi connectivity index (χ4v) is 2.73. The van der Waals surface area contributed by atoms with Crippen LogP contribution < -0.4 is 5.32 Å². The molecule has 0 amide bonds. The van der Waals surface area contributed by atoms with Gasteiger partial charge in [-0.05, 0) is 58.2 Å². The fraction of sp³-hybridized carbons (Fsp3) is 1.00. The molecule has 1 atom stereocenters. The Balaban J connectivity index is 2.31. The van der Waals surface area contributed by atoms with E-state index in [1.54, 1.807) is 0 Å². The molecule has 3 nitrogen and oxygen atoms in total. The van der Waals surface area contributed by atoms with Gasteiger partial charge in [-0.15, -0.1) is 0 Å². The summed E-state index contributed by atoms with van der Waals surface area (Å²) in [6, 6.07) is 0.594. The van der Waals surface area contributed by atoms with Gasteiger partial charge in [0.05, 0.1) is 5.60 Å². The topological polar surface area (TPSA) is 35.5 Å². The molecule has 1 aliphatic heterocycles. The molecule has 108 valence electrons. The first-order valence-electron chi connectivity index (χ1n) is 7.81. The van der Waals surface area contributed by atoms with Gasteiger partial charge in [0, 0.05) is 12.6 Å². The van der Waals surface area contributed by atoms with Gasteiger partial charge in [0.25, 0.3) is 0 Å². The molecular formula is C15H32N2O. The molecule has 0 saturated carbocycles. The monoisotopic (exact) mass is 256 g/mol. The van der Waals surface area contributed by atoms with Gasteiger partial charge in [-0.2, -0.15) is 0 Å². The molecule has 1 aliphatic rings. The van der Waals surface area contributed by atoms with Gasteiger partial charge in [0.15, 0.2) is 0 Å². The molecule has 1 heterocycles. The minimum Gasteiger partial charge on any atom is -0.389 e. The first-order chi connectivity index (χ1) is 8.63. The van der Waals surface area contributed by atoms with Gasteiger partial charge in [0.2, 0.25) is 0 Å². The van der Waals surface area contributed by atoms with E-state index in [-0.39, 0.29) is 0 Å². The van der Waals surface area contributed by atoms with Crippen molar-refractivity contribution in [1.29, 1.82) is 0 Å². The smallest absolute Gasteiger partial charge is 0.0766 e. The molecular weight excluding hydrogens is 224 g/mol. The first kappa shape index (κ1) is 15.9. The number of likely N-dealkylation sites (tertiary alicyclic amines) is 1. The Morgan fingerprint density at radius 3 is 2.50 bits per heavy atom. The lowest BCUT2D eigenvalue weighted by atomic mass is 9.96. The Bertz CT molecular complexity index is 217. The summed E-state index contributed by atoms with van der Waals surface area (Å²) in [6.07, 6.45) is 6.70. The average molecular weight is 256 g/mol. The summed E-state index contributed by atoms with van der Waals surface area (Å²) in [5.41, 5.74) is -0.505. The summed E-state index contributed by atoms with van der Waals surface area (Å²) >= 11 is 0. The summed E-state index contributed by atoms with van der Waals surface area (Å²) in [7, 11) is 0. The van der Waals surface area contributed by atoms with Crippen LogP contribution in [0.4, 0.5) is 0 Å². The highest BCUT2D eigenvalue weighted by Gasteiger charge is 2.24. The summed E-state index contributed by atoms with van der Waals surface area (Å²) in [5, 5.41) is 13.9. The second-order valence-corrected chi connectivity index (χ2v) is 5.78. The van der Waals surface area contributed by atoms with Crippen LogP contribution in [-0.4, -0.2) is 47.8 Å². The number of hydrogen-bond acceptors (Lipinski definition) is 3. The molecule has 0 radical (unpaired) electrons. The fourth-order valence-electron chi connectivity index (χ4n) is 2.73. The highest BCUT2D eigenvalue weighted by molar-refractivity contribution is 4.82. The molecule has 0 spiro atoms. The molecule has 3 heteroatoms. The van der Waals surface area contributed by atoms with Gasteiger partial charge in [-0.3, -0.25) is 0 Å². The van der Waals surface area contributed by atoms with Crippen LogP contribution in [0.2, 0.25) is 0 Å². The van der Waals surface area contributed by atoms with Crippen molar-refractivity contribution in [1.82, 2.24) is 10.2 Å². The molecule has 0 aromatic carbocycles. The second-order valence-electron chi connectivity index (χ2n) is 5.78. The Morgan fingerprint density at radius 2 is 1.89 bits per heavy atom. The van der Waals surface area contributed by atoms with E-state index in [4.69, 9.17) is 0 Å². The second kappa shape index (κ2) is 8.13. The molecule has 2 N–H and O–H groups in total.